The topological polar surface area (TPSA) is 104 Å². The number of rotatable bonds is 7. The van der Waals surface area contributed by atoms with Crippen molar-refractivity contribution in [1.82, 2.24) is 10.7 Å². The molecule has 0 aliphatic rings. The zero-order valence-corrected chi connectivity index (χ0v) is 8.75. The normalized spacial score (nSPS) is 11.9. The monoisotopic (exact) mass is 215 g/mol. The fourth-order valence-electron chi connectivity index (χ4n) is 0.947. The molecule has 1 atom stereocenters. The molecule has 0 bridgehead atoms. The molecule has 86 valence electrons. The molecule has 6 nitrogen and oxygen atoms in total. The predicted molar refractivity (Wildman–Crippen MR) is 55.8 cm³/mol. The molecule has 0 aromatic heterocycles. The van der Waals surface area contributed by atoms with Gasteiger partial charge in [0.1, 0.15) is 6.04 Å². The first-order valence-corrected chi connectivity index (χ1v) is 4.61. The second-order valence-corrected chi connectivity index (χ2v) is 3.24. The van der Waals surface area contributed by atoms with E-state index in [9.17, 15) is 9.59 Å². The summed E-state index contributed by atoms with van der Waals surface area (Å²) in [6.07, 6.45) is 0.905. The van der Waals surface area contributed by atoms with Crippen LogP contribution in [0.25, 0.3) is 0 Å². The van der Waals surface area contributed by atoms with E-state index in [1.54, 1.807) is 0 Å². The lowest BCUT2D eigenvalue weighted by Crippen LogP contribution is -2.41. The van der Waals surface area contributed by atoms with Crippen LogP contribution >= 0.6 is 0 Å². The van der Waals surface area contributed by atoms with E-state index in [1.165, 1.54) is 6.92 Å². The maximum absolute atomic E-state index is 11.2. The number of carboxylic acids is 1. The van der Waals surface area contributed by atoms with Gasteiger partial charge in [-0.15, -0.1) is 0 Å². The standard InChI is InChI=1S/C9H17N3O3/c1-6(2)8(13)12-7(9(14)15)4-3-5-11-10/h7,11H,1,3-5,10H2,2H3,(H,12,13)(H,14,15). The first-order chi connectivity index (χ1) is 6.99. The molecule has 0 aromatic rings. The molecular formula is C9H17N3O3. The Hall–Kier alpha value is -1.40. The predicted octanol–water partition coefficient (Wildman–Crippen LogP) is -0.625. The van der Waals surface area contributed by atoms with Crippen molar-refractivity contribution in [2.45, 2.75) is 25.8 Å². The number of hydrogen-bond donors (Lipinski definition) is 4. The van der Waals surface area contributed by atoms with Crippen LogP contribution in [0.15, 0.2) is 12.2 Å². The van der Waals surface area contributed by atoms with Crippen molar-refractivity contribution >= 4 is 11.9 Å². The Morgan fingerprint density at radius 1 is 1.53 bits per heavy atom. The van der Waals surface area contributed by atoms with Crippen molar-refractivity contribution in [3.05, 3.63) is 12.2 Å². The van der Waals surface area contributed by atoms with Crippen LogP contribution in [0.4, 0.5) is 0 Å². The highest BCUT2D eigenvalue weighted by Gasteiger charge is 2.19. The van der Waals surface area contributed by atoms with Crippen molar-refractivity contribution < 1.29 is 14.7 Å². The number of carbonyl (C=O) groups is 2. The van der Waals surface area contributed by atoms with Crippen LogP contribution in [0.3, 0.4) is 0 Å². The number of carboxylic acid groups (broad SMARTS) is 1. The van der Waals surface area contributed by atoms with Gasteiger partial charge in [-0.05, 0) is 19.8 Å². The molecule has 5 N–H and O–H groups in total. The van der Waals surface area contributed by atoms with E-state index in [0.717, 1.165) is 0 Å². The van der Waals surface area contributed by atoms with Crippen LogP contribution in [-0.2, 0) is 9.59 Å². The first kappa shape index (κ1) is 13.6. The van der Waals surface area contributed by atoms with Crippen LogP contribution in [0, 0.1) is 0 Å². The molecule has 0 aromatic carbocycles. The summed E-state index contributed by atoms with van der Waals surface area (Å²) in [5.41, 5.74) is 2.70. The van der Waals surface area contributed by atoms with Crippen molar-refractivity contribution in [3.63, 3.8) is 0 Å². The molecular weight excluding hydrogens is 198 g/mol. The van der Waals surface area contributed by atoms with Crippen molar-refractivity contribution in [2.75, 3.05) is 6.54 Å². The average Bonchev–Trinajstić information content (AvgIpc) is 2.15. The number of carbonyl (C=O) groups excluding carboxylic acids is 1. The Morgan fingerprint density at radius 3 is 2.53 bits per heavy atom. The molecule has 0 saturated heterocycles. The molecule has 0 aliphatic heterocycles. The van der Waals surface area contributed by atoms with Crippen molar-refractivity contribution in [2.24, 2.45) is 5.84 Å². The van der Waals surface area contributed by atoms with E-state index in [4.69, 9.17) is 10.9 Å². The molecule has 0 aliphatic carbocycles. The van der Waals surface area contributed by atoms with Gasteiger partial charge < -0.3 is 10.4 Å². The number of aliphatic carboxylic acids is 1. The van der Waals surface area contributed by atoms with Gasteiger partial charge in [0.15, 0.2) is 0 Å². The minimum Gasteiger partial charge on any atom is -0.480 e. The van der Waals surface area contributed by atoms with E-state index >= 15 is 0 Å². The second kappa shape index (κ2) is 6.97. The van der Waals surface area contributed by atoms with E-state index < -0.39 is 17.9 Å². The molecule has 1 amide bonds. The lowest BCUT2D eigenvalue weighted by Gasteiger charge is -2.14. The molecule has 0 radical (unpaired) electrons. The van der Waals surface area contributed by atoms with Crippen LogP contribution < -0.4 is 16.6 Å². The Balaban J connectivity index is 4.10. The Kier molecular flexibility index (Phi) is 6.32. The van der Waals surface area contributed by atoms with Crippen LogP contribution in [0.5, 0.6) is 0 Å². The zero-order chi connectivity index (χ0) is 11.8. The summed E-state index contributed by atoms with van der Waals surface area (Å²) in [6, 6.07) is -0.887. The number of nitrogens with two attached hydrogens (primary N) is 1. The Morgan fingerprint density at radius 2 is 2.13 bits per heavy atom. The molecule has 0 rings (SSSR count). The summed E-state index contributed by atoms with van der Waals surface area (Å²) in [6.45, 7) is 5.46. The summed E-state index contributed by atoms with van der Waals surface area (Å²) in [4.78, 5) is 21.9. The minimum absolute atomic E-state index is 0.290. The fourth-order valence-corrected chi connectivity index (χ4v) is 0.947. The SMILES string of the molecule is C=C(C)C(=O)NC(CCCNN)C(=O)O. The van der Waals surface area contributed by atoms with E-state index in [0.29, 0.717) is 19.4 Å². The third kappa shape index (κ3) is 5.82. The van der Waals surface area contributed by atoms with Gasteiger partial charge in [-0.2, -0.15) is 0 Å². The third-order valence-electron chi connectivity index (χ3n) is 1.80. The maximum atomic E-state index is 11.2. The number of amides is 1. The molecule has 0 fully saturated rings. The second-order valence-electron chi connectivity index (χ2n) is 3.24. The van der Waals surface area contributed by atoms with Gasteiger partial charge in [-0.1, -0.05) is 6.58 Å². The summed E-state index contributed by atoms with van der Waals surface area (Å²) >= 11 is 0. The van der Waals surface area contributed by atoms with E-state index in [2.05, 4.69) is 17.3 Å². The van der Waals surface area contributed by atoms with Gasteiger partial charge in [0.25, 0.3) is 0 Å². The molecule has 0 spiro atoms. The molecule has 1 unspecified atom stereocenters. The Bertz CT molecular complexity index is 253. The Labute approximate surface area is 88.5 Å². The molecule has 15 heavy (non-hydrogen) atoms. The van der Waals surface area contributed by atoms with E-state index in [1.807, 2.05) is 0 Å². The van der Waals surface area contributed by atoms with Gasteiger partial charge in [0.2, 0.25) is 5.91 Å². The van der Waals surface area contributed by atoms with Crippen molar-refractivity contribution in [3.8, 4) is 0 Å². The highest BCUT2D eigenvalue weighted by Crippen LogP contribution is 1.98. The van der Waals surface area contributed by atoms with Gasteiger partial charge >= 0.3 is 5.97 Å². The highest BCUT2D eigenvalue weighted by molar-refractivity contribution is 5.94. The smallest absolute Gasteiger partial charge is 0.326 e. The largest absolute Gasteiger partial charge is 0.480 e. The van der Waals surface area contributed by atoms with Crippen LogP contribution in [0.2, 0.25) is 0 Å². The van der Waals surface area contributed by atoms with Gasteiger partial charge in [-0.3, -0.25) is 16.1 Å². The zero-order valence-electron chi connectivity index (χ0n) is 8.75. The molecule has 0 saturated carbocycles. The van der Waals surface area contributed by atoms with Crippen molar-refractivity contribution in [1.29, 1.82) is 0 Å². The third-order valence-corrected chi connectivity index (χ3v) is 1.80. The fraction of sp³-hybridized carbons (Fsp3) is 0.556. The molecule has 6 heteroatoms. The highest BCUT2D eigenvalue weighted by atomic mass is 16.4. The first-order valence-electron chi connectivity index (χ1n) is 4.61. The summed E-state index contributed by atoms with van der Waals surface area (Å²) in [5.74, 6) is 3.55. The maximum Gasteiger partial charge on any atom is 0.326 e. The number of nitrogens with one attached hydrogen (secondary N) is 2. The minimum atomic E-state index is -1.05. The van der Waals surface area contributed by atoms with E-state index in [-0.39, 0.29) is 5.57 Å². The summed E-state index contributed by atoms with van der Waals surface area (Å²) in [5, 5.41) is 11.2. The summed E-state index contributed by atoms with van der Waals surface area (Å²) in [7, 11) is 0. The lowest BCUT2D eigenvalue weighted by atomic mass is 10.1. The van der Waals surface area contributed by atoms with Gasteiger partial charge in [-0.25, -0.2) is 4.79 Å². The van der Waals surface area contributed by atoms with Crippen LogP contribution in [0.1, 0.15) is 19.8 Å². The lowest BCUT2D eigenvalue weighted by molar-refractivity contribution is -0.141. The van der Waals surface area contributed by atoms with Gasteiger partial charge in [0, 0.05) is 12.1 Å². The average molecular weight is 215 g/mol. The summed E-state index contributed by atoms with van der Waals surface area (Å²) < 4.78 is 0. The quantitative estimate of drug-likeness (QED) is 0.196. The number of hydrazine groups is 1. The van der Waals surface area contributed by atoms with Crippen LogP contribution in [-0.4, -0.2) is 29.6 Å². The van der Waals surface area contributed by atoms with Gasteiger partial charge in [0.05, 0.1) is 0 Å². The molecule has 0 heterocycles. The number of hydrogen-bond acceptors (Lipinski definition) is 4.